The highest BCUT2D eigenvalue weighted by atomic mass is 16.6. The number of hydrogen-bond donors (Lipinski definition) is 1. The van der Waals surface area contributed by atoms with Gasteiger partial charge >= 0.3 is 6.09 Å². The molecule has 1 heterocycles. The molecule has 0 bridgehead atoms. The summed E-state index contributed by atoms with van der Waals surface area (Å²) in [6, 6.07) is 0. The number of nitrogens with one attached hydrogen (secondary N) is 1. The van der Waals surface area contributed by atoms with Crippen LogP contribution in [0.1, 0.15) is 66.7 Å². The number of methoxy groups -OCH3 is 2. The Kier molecular flexibility index (Phi) is 6.90. The van der Waals surface area contributed by atoms with E-state index in [-0.39, 0.29) is 29.1 Å². The van der Waals surface area contributed by atoms with Crippen LogP contribution < -0.4 is 5.32 Å². The molecule has 1 spiro atoms. The molecule has 3 rings (SSSR count). The van der Waals surface area contributed by atoms with Crippen LogP contribution in [0.4, 0.5) is 4.79 Å². The van der Waals surface area contributed by atoms with Crippen LogP contribution in [-0.2, 0) is 18.9 Å². The van der Waals surface area contributed by atoms with Crippen molar-refractivity contribution in [3.05, 3.63) is 11.6 Å². The fourth-order valence-electron chi connectivity index (χ4n) is 5.54. The molecule has 6 nitrogen and oxygen atoms in total. The van der Waals surface area contributed by atoms with Crippen molar-refractivity contribution in [3.63, 3.8) is 0 Å². The van der Waals surface area contributed by atoms with Crippen LogP contribution in [0.25, 0.3) is 0 Å². The largest absolute Gasteiger partial charge is 0.443 e. The maximum atomic E-state index is 12.5. The fraction of sp³-hybridized carbons (Fsp3) is 0.875. The lowest BCUT2D eigenvalue weighted by Crippen LogP contribution is -2.60. The van der Waals surface area contributed by atoms with E-state index in [1.807, 2.05) is 13.8 Å². The van der Waals surface area contributed by atoms with Gasteiger partial charge in [0.25, 0.3) is 0 Å². The van der Waals surface area contributed by atoms with Crippen LogP contribution in [0.2, 0.25) is 0 Å². The summed E-state index contributed by atoms with van der Waals surface area (Å²) in [6.45, 7) is 11.8. The predicted octanol–water partition coefficient (Wildman–Crippen LogP) is 4.47. The average molecular weight is 424 g/mol. The zero-order valence-corrected chi connectivity index (χ0v) is 19.9. The molecule has 2 saturated carbocycles. The Morgan fingerprint density at radius 2 is 1.93 bits per heavy atom. The van der Waals surface area contributed by atoms with Gasteiger partial charge in [0.2, 0.25) is 0 Å². The maximum Gasteiger partial charge on any atom is 0.407 e. The minimum Gasteiger partial charge on any atom is -0.443 e. The maximum absolute atomic E-state index is 12.5. The van der Waals surface area contributed by atoms with Crippen molar-refractivity contribution >= 4 is 6.09 Å². The number of carbonyl (C=O) groups excluding carboxylic acids is 1. The van der Waals surface area contributed by atoms with Crippen LogP contribution in [-0.4, -0.2) is 56.9 Å². The molecule has 0 radical (unpaired) electrons. The second-order valence-corrected chi connectivity index (χ2v) is 10.6. The summed E-state index contributed by atoms with van der Waals surface area (Å²) in [7, 11) is 3.38. The third kappa shape index (κ3) is 4.71. The Bertz CT molecular complexity index is 652. The molecule has 172 valence electrons. The van der Waals surface area contributed by atoms with Crippen molar-refractivity contribution in [3.8, 4) is 0 Å². The molecule has 1 N–H and O–H groups in total. The zero-order valence-electron chi connectivity index (χ0n) is 19.9. The Balaban J connectivity index is 1.71. The lowest BCUT2D eigenvalue weighted by atomic mass is 9.48. The van der Waals surface area contributed by atoms with Crippen molar-refractivity contribution in [1.29, 1.82) is 0 Å². The molecular formula is C24H41NO5. The molecule has 1 aliphatic heterocycles. The first-order chi connectivity index (χ1) is 14.1. The smallest absolute Gasteiger partial charge is 0.407 e. The van der Waals surface area contributed by atoms with E-state index in [0.717, 1.165) is 25.9 Å². The van der Waals surface area contributed by atoms with Gasteiger partial charge in [-0.2, -0.15) is 0 Å². The van der Waals surface area contributed by atoms with Gasteiger partial charge in [-0.15, -0.1) is 0 Å². The summed E-state index contributed by atoms with van der Waals surface area (Å²) in [5.41, 5.74) is 0.969. The standard InChI is InChI=1S/C24H41NO5/c1-16(2)8-9-17-10-12-23(17,5)20-19(27-6)18(11-13-24(20)15-29-24)30-21(26)25-14-22(3,4)28-7/h8,17-20H,9-15H2,1-7H3,(H,25,26)/t17-,18+,19+,20+,23-,24?/m0/s1. The minimum absolute atomic E-state index is 0.104. The fourth-order valence-corrected chi connectivity index (χ4v) is 5.54. The topological polar surface area (TPSA) is 69.3 Å². The predicted molar refractivity (Wildman–Crippen MR) is 116 cm³/mol. The molecule has 2 aliphatic carbocycles. The molecule has 30 heavy (non-hydrogen) atoms. The molecular weight excluding hydrogens is 382 g/mol. The quantitative estimate of drug-likeness (QED) is 0.461. The molecule has 6 heteroatoms. The summed E-state index contributed by atoms with van der Waals surface area (Å²) < 4.78 is 23.4. The number of alkyl carbamates (subject to hydrolysis) is 1. The molecule has 0 aromatic heterocycles. The Morgan fingerprint density at radius 3 is 2.43 bits per heavy atom. The van der Waals surface area contributed by atoms with Crippen LogP contribution in [0.3, 0.4) is 0 Å². The first kappa shape index (κ1) is 23.6. The van der Waals surface area contributed by atoms with Gasteiger partial charge in [-0.25, -0.2) is 4.79 Å². The van der Waals surface area contributed by atoms with Crippen molar-refractivity contribution in [2.75, 3.05) is 27.4 Å². The van der Waals surface area contributed by atoms with Gasteiger partial charge in [0, 0.05) is 26.7 Å². The Morgan fingerprint density at radius 1 is 1.23 bits per heavy atom. The lowest BCUT2D eigenvalue weighted by Gasteiger charge is -2.58. The van der Waals surface area contributed by atoms with E-state index >= 15 is 0 Å². The summed E-state index contributed by atoms with van der Waals surface area (Å²) >= 11 is 0. The molecule has 3 aliphatic rings. The van der Waals surface area contributed by atoms with Crippen molar-refractivity contribution < 1.29 is 23.7 Å². The van der Waals surface area contributed by atoms with E-state index in [2.05, 4.69) is 32.2 Å². The number of carbonyl (C=O) groups is 1. The number of ether oxygens (including phenoxy) is 4. The van der Waals surface area contributed by atoms with E-state index in [1.165, 1.54) is 18.4 Å². The van der Waals surface area contributed by atoms with Crippen LogP contribution >= 0.6 is 0 Å². The van der Waals surface area contributed by atoms with Gasteiger partial charge in [0.15, 0.2) is 0 Å². The van der Waals surface area contributed by atoms with Gasteiger partial charge < -0.3 is 24.3 Å². The average Bonchev–Trinajstić information content (AvgIpc) is 3.46. The highest BCUT2D eigenvalue weighted by Gasteiger charge is 2.67. The second-order valence-electron chi connectivity index (χ2n) is 10.6. The summed E-state index contributed by atoms with van der Waals surface area (Å²) in [5, 5.41) is 2.84. The SMILES string of the molecule is CO[C@@H]1[C@H](OC(=O)NCC(C)(C)OC)CCC2(CO2)[C@H]1[C@@]1(C)CC[C@@H]1CC=C(C)C. The van der Waals surface area contributed by atoms with Crippen LogP contribution in [0.15, 0.2) is 11.6 Å². The molecule has 1 unspecified atom stereocenters. The van der Waals surface area contributed by atoms with Crippen molar-refractivity contribution in [1.82, 2.24) is 5.32 Å². The lowest BCUT2D eigenvalue weighted by molar-refractivity contribution is -0.171. The third-order valence-electron chi connectivity index (χ3n) is 7.86. The van der Waals surface area contributed by atoms with Gasteiger partial charge in [0.05, 0.1) is 17.8 Å². The van der Waals surface area contributed by atoms with Crippen LogP contribution in [0, 0.1) is 17.3 Å². The van der Waals surface area contributed by atoms with Gasteiger partial charge in [-0.3, -0.25) is 0 Å². The van der Waals surface area contributed by atoms with E-state index in [1.54, 1.807) is 14.2 Å². The first-order valence-corrected chi connectivity index (χ1v) is 11.4. The summed E-state index contributed by atoms with van der Waals surface area (Å²) in [5.74, 6) is 0.854. The highest BCUT2D eigenvalue weighted by molar-refractivity contribution is 5.67. The number of hydrogen-bond acceptors (Lipinski definition) is 5. The second kappa shape index (κ2) is 8.79. The number of amides is 1. The minimum atomic E-state index is -0.432. The van der Waals surface area contributed by atoms with Gasteiger partial charge in [-0.05, 0) is 71.1 Å². The molecule has 3 fully saturated rings. The molecule has 0 aromatic carbocycles. The molecule has 1 amide bonds. The van der Waals surface area contributed by atoms with Gasteiger partial charge in [-0.1, -0.05) is 18.6 Å². The van der Waals surface area contributed by atoms with E-state index < -0.39 is 11.7 Å². The molecule has 1 saturated heterocycles. The number of rotatable bonds is 8. The Hall–Kier alpha value is -1.11. The monoisotopic (exact) mass is 423 g/mol. The summed E-state index contributed by atoms with van der Waals surface area (Å²) in [6.07, 6.45) is 6.73. The zero-order chi connectivity index (χ0) is 22.2. The van der Waals surface area contributed by atoms with Crippen molar-refractivity contribution in [2.45, 2.75) is 90.1 Å². The van der Waals surface area contributed by atoms with Gasteiger partial charge in [0.1, 0.15) is 12.2 Å². The van der Waals surface area contributed by atoms with E-state index in [0.29, 0.717) is 12.5 Å². The van der Waals surface area contributed by atoms with E-state index in [4.69, 9.17) is 18.9 Å². The summed E-state index contributed by atoms with van der Waals surface area (Å²) in [4.78, 5) is 12.5. The molecule has 6 atom stereocenters. The Labute approximate surface area is 182 Å². The first-order valence-electron chi connectivity index (χ1n) is 11.4. The van der Waals surface area contributed by atoms with E-state index in [9.17, 15) is 4.79 Å². The highest BCUT2D eigenvalue weighted by Crippen LogP contribution is 2.63. The number of allylic oxidation sites excluding steroid dienone is 2. The van der Waals surface area contributed by atoms with Crippen molar-refractivity contribution in [2.24, 2.45) is 17.3 Å². The normalized spacial score (nSPS) is 38.0. The molecule has 0 aromatic rings. The third-order valence-corrected chi connectivity index (χ3v) is 7.86. The van der Waals surface area contributed by atoms with Crippen LogP contribution in [0.5, 0.6) is 0 Å². The number of epoxide rings is 1.